The SMILES string of the molecule is C1=C\Cc2c(ccc3ccccc23)N(c2ccc(-c3nc4c(ccc5oc6ccccc6c54)o3)cc2)C\C=C/1. The van der Waals surface area contributed by atoms with Crippen LogP contribution < -0.4 is 4.90 Å². The number of aromatic nitrogens is 1. The lowest BCUT2D eigenvalue weighted by molar-refractivity contribution is 0.619. The maximum absolute atomic E-state index is 6.24. The van der Waals surface area contributed by atoms with Crippen molar-refractivity contribution >= 4 is 55.2 Å². The van der Waals surface area contributed by atoms with Crippen LogP contribution in [0.15, 0.2) is 130 Å². The lowest BCUT2D eigenvalue weighted by Gasteiger charge is -2.27. The minimum Gasteiger partial charge on any atom is -0.456 e. The summed E-state index contributed by atoms with van der Waals surface area (Å²) >= 11 is 0. The van der Waals surface area contributed by atoms with Gasteiger partial charge in [-0.3, -0.25) is 0 Å². The van der Waals surface area contributed by atoms with Crippen LogP contribution in [0.25, 0.3) is 55.3 Å². The summed E-state index contributed by atoms with van der Waals surface area (Å²) in [4.78, 5) is 7.30. The number of nitrogens with zero attached hydrogens (tertiary/aromatic N) is 2. The van der Waals surface area contributed by atoms with Gasteiger partial charge in [-0.2, -0.15) is 0 Å². The van der Waals surface area contributed by atoms with Crippen LogP contribution in [0.3, 0.4) is 0 Å². The van der Waals surface area contributed by atoms with Crippen LogP contribution >= 0.6 is 0 Å². The Labute approximate surface area is 225 Å². The molecular formula is C35H24N2O2. The van der Waals surface area contributed by atoms with E-state index in [1.54, 1.807) is 0 Å². The van der Waals surface area contributed by atoms with Gasteiger partial charge in [0.2, 0.25) is 5.89 Å². The summed E-state index contributed by atoms with van der Waals surface area (Å²) in [7, 11) is 0. The molecule has 0 saturated heterocycles. The first-order chi connectivity index (χ1) is 19.3. The fourth-order valence-electron chi connectivity index (χ4n) is 5.75. The quantitative estimate of drug-likeness (QED) is 0.235. The van der Waals surface area contributed by atoms with Gasteiger partial charge in [0.05, 0.1) is 5.39 Å². The van der Waals surface area contributed by atoms with Gasteiger partial charge in [-0.15, -0.1) is 0 Å². The van der Waals surface area contributed by atoms with E-state index < -0.39 is 0 Å². The summed E-state index contributed by atoms with van der Waals surface area (Å²) in [6.07, 6.45) is 9.60. The summed E-state index contributed by atoms with van der Waals surface area (Å²) in [5, 5.41) is 4.61. The highest BCUT2D eigenvalue weighted by Crippen LogP contribution is 2.38. The Bertz CT molecular complexity index is 2080. The lowest BCUT2D eigenvalue weighted by atomic mass is 9.98. The number of hydrogen-bond donors (Lipinski definition) is 0. The Morgan fingerprint density at radius 3 is 2.36 bits per heavy atom. The zero-order valence-electron chi connectivity index (χ0n) is 21.2. The molecule has 0 fully saturated rings. The number of anilines is 2. The molecule has 8 rings (SSSR count). The fourth-order valence-corrected chi connectivity index (χ4v) is 5.75. The Hall–Kier alpha value is -5.09. The third kappa shape index (κ3) is 3.57. The smallest absolute Gasteiger partial charge is 0.227 e. The van der Waals surface area contributed by atoms with Gasteiger partial charge < -0.3 is 13.7 Å². The van der Waals surface area contributed by atoms with Crippen molar-refractivity contribution in [3.63, 3.8) is 0 Å². The number of benzene rings is 5. The second-order valence-electron chi connectivity index (χ2n) is 9.90. The highest BCUT2D eigenvalue weighted by Gasteiger charge is 2.18. The Morgan fingerprint density at radius 1 is 0.641 bits per heavy atom. The molecule has 0 radical (unpaired) electrons. The van der Waals surface area contributed by atoms with E-state index in [4.69, 9.17) is 13.8 Å². The Kier molecular flexibility index (Phi) is 4.92. The maximum atomic E-state index is 6.24. The molecule has 3 heterocycles. The average molecular weight is 505 g/mol. The molecule has 0 N–H and O–H groups in total. The molecule has 1 aliphatic heterocycles. The number of oxazole rings is 1. The summed E-state index contributed by atoms with van der Waals surface area (Å²) in [6.45, 7) is 0.781. The third-order valence-corrected chi connectivity index (χ3v) is 7.62. The van der Waals surface area contributed by atoms with Crippen molar-refractivity contribution in [2.75, 3.05) is 11.4 Å². The van der Waals surface area contributed by atoms with Crippen molar-refractivity contribution in [1.29, 1.82) is 0 Å². The molecule has 0 amide bonds. The highest BCUT2D eigenvalue weighted by molar-refractivity contribution is 6.16. The zero-order valence-corrected chi connectivity index (χ0v) is 21.2. The van der Waals surface area contributed by atoms with Crippen molar-refractivity contribution in [2.45, 2.75) is 6.42 Å². The van der Waals surface area contributed by atoms with Crippen LogP contribution in [0.4, 0.5) is 11.4 Å². The predicted octanol–water partition coefficient (Wildman–Crippen LogP) is 9.35. The van der Waals surface area contributed by atoms with Crippen LogP contribution in [0.1, 0.15) is 5.56 Å². The molecule has 4 nitrogen and oxygen atoms in total. The second kappa shape index (κ2) is 8.74. The summed E-state index contributed by atoms with van der Waals surface area (Å²) < 4.78 is 12.3. The fraction of sp³-hybridized carbons (Fsp3) is 0.0571. The predicted molar refractivity (Wildman–Crippen MR) is 160 cm³/mol. The maximum Gasteiger partial charge on any atom is 0.227 e. The molecule has 7 aromatic rings. The van der Waals surface area contributed by atoms with Crippen LogP contribution in [-0.4, -0.2) is 11.5 Å². The largest absolute Gasteiger partial charge is 0.456 e. The summed E-state index contributed by atoms with van der Waals surface area (Å²) in [6, 6.07) is 33.6. The van der Waals surface area contributed by atoms with Crippen molar-refractivity contribution in [3.8, 4) is 11.5 Å². The molecule has 1 aliphatic rings. The summed E-state index contributed by atoms with van der Waals surface area (Å²) in [5.74, 6) is 0.606. The van der Waals surface area contributed by atoms with E-state index in [2.05, 4.69) is 95.9 Å². The van der Waals surface area contributed by atoms with Crippen LogP contribution in [0.2, 0.25) is 0 Å². The topological polar surface area (TPSA) is 42.4 Å². The molecule has 0 unspecified atom stereocenters. The van der Waals surface area contributed by atoms with Crippen molar-refractivity contribution in [1.82, 2.24) is 4.98 Å². The van der Waals surface area contributed by atoms with Crippen molar-refractivity contribution in [3.05, 3.63) is 127 Å². The van der Waals surface area contributed by atoms with E-state index >= 15 is 0 Å². The molecular weight excluding hydrogens is 480 g/mol. The molecule has 2 aromatic heterocycles. The van der Waals surface area contributed by atoms with Crippen LogP contribution in [0, 0.1) is 0 Å². The molecule has 0 aliphatic carbocycles. The molecule has 186 valence electrons. The minimum atomic E-state index is 0.606. The van der Waals surface area contributed by atoms with Gasteiger partial charge in [0.1, 0.15) is 16.7 Å². The zero-order chi connectivity index (χ0) is 25.8. The summed E-state index contributed by atoms with van der Waals surface area (Å²) in [5.41, 5.74) is 7.90. The molecule has 5 aromatic carbocycles. The first-order valence-electron chi connectivity index (χ1n) is 13.2. The number of allylic oxidation sites excluding steroid dienone is 3. The van der Waals surface area contributed by atoms with Gasteiger partial charge >= 0.3 is 0 Å². The van der Waals surface area contributed by atoms with Gasteiger partial charge in [0, 0.05) is 28.9 Å². The molecule has 0 spiro atoms. The van der Waals surface area contributed by atoms with Gasteiger partial charge in [-0.25, -0.2) is 4.98 Å². The minimum absolute atomic E-state index is 0.606. The molecule has 4 heteroatoms. The first-order valence-corrected chi connectivity index (χ1v) is 13.2. The van der Waals surface area contributed by atoms with Gasteiger partial charge in [-0.1, -0.05) is 72.8 Å². The number of rotatable bonds is 2. The molecule has 0 saturated carbocycles. The molecule has 0 bridgehead atoms. The van der Waals surface area contributed by atoms with E-state index in [-0.39, 0.29) is 0 Å². The normalized spacial score (nSPS) is 15.3. The first kappa shape index (κ1) is 21.9. The third-order valence-electron chi connectivity index (χ3n) is 7.62. The van der Waals surface area contributed by atoms with E-state index in [1.165, 1.54) is 22.0 Å². The van der Waals surface area contributed by atoms with Crippen LogP contribution in [-0.2, 0) is 6.42 Å². The highest BCUT2D eigenvalue weighted by atomic mass is 16.4. The number of para-hydroxylation sites is 1. The molecule has 0 atom stereocenters. The second-order valence-corrected chi connectivity index (χ2v) is 9.90. The molecule has 39 heavy (non-hydrogen) atoms. The van der Waals surface area contributed by atoms with Gasteiger partial charge in [0.15, 0.2) is 5.58 Å². The van der Waals surface area contributed by atoms with Crippen molar-refractivity contribution in [2.24, 2.45) is 0 Å². The van der Waals surface area contributed by atoms with Crippen LogP contribution in [0.5, 0.6) is 0 Å². The van der Waals surface area contributed by atoms with E-state index in [0.717, 1.165) is 57.3 Å². The van der Waals surface area contributed by atoms with E-state index in [1.807, 2.05) is 30.3 Å². The standard InChI is InChI=1S/C35H24N2O2/c1-2-8-22-37(29-19-16-23-9-4-5-10-26(23)27(29)11-3-1)25-17-14-24(15-18-25)35-36-34-32(39-35)21-20-31-33(34)28-12-6-7-13-30(28)38-31/h1-10,12-21H,11,22H2/b3-1-,8-2-. The van der Waals surface area contributed by atoms with Gasteiger partial charge in [-0.05, 0) is 71.3 Å². The van der Waals surface area contributed by atoms with E-state index in [9.17, 15) is 0 Å². The Morgan fingerprint density at radius 2 is 1.44 bits per heavy atom. The monoisotopic (exact) mass is 504 g/mol. The Balaban J connectivity index is 1.21. The van der Waals surface area contributed by atoms with Crippen molar-refractivity contribution < 1.29 is 8.83 Å². The number of furan rings is 1. The lowest BCUT2D eigenvalue weighted by Crippen LogP contribution is -2.18. The van der Waals surface area contributed by atoms with Gasteiger partial charge in [0.25, 0.3) is 0 Å². The average Bonchev–Trinajstić information content (AvgIpc) is 3.60. The number of hydrogen-bond acceptors (Lipinski definition) is 4. The number of fused-ring (bicyclic) bond motifs is 8. The van der Waals surface area contributed by atoms with E-state index in [0.29, 0.717) is 5.89 Å².